The van der Waals surface area contributed by atoms with Gasteiger partial charge in [0.15, 0.2) is 0 Å². The molecular formula is C26H52O5. The minimum Gasteiger partial charge on any atom is -0.481 e. The first-order valence-electron chi connectivity index (χ1n) is 13.0. The van der Waals surface area contributed by atoms with Crippen molar-refractivity contribution < 1.29 is 24.9 Å². The van der Waals surface area contributed by atoms with Crippen LogP contribution < -0.4 is 0 Å². The first kappa shape index (κ1) is 32.1. The fourth-order valence-electron chi connectivity index (χ4n) is 3.66. The fraction of sp³-hybridized carbons (Fsp3) is 0.923. The number of rotatable bonds is 22. The highest BCUT2D eigenvalue weighted by molar-refractivity contribution is 5.66. The van der Waals surface area contributed by atoms with Crippen LogP contribution in [0.25, 0.3) is 0 Å². The van der Waals surface area contributed by atoms with E-state index in [1.165, 1.54) is 77.0 Å². The molecule has 0 aliphatic heterocycles. The van der Waals surface area contributed by atoms with E-state index in [4.69, 9.17) is 10.2 Å². The topological polar surface area (TPSA) is 94.8 Å². The largest absolute Gasteiger partial charge is 0.481 e. The van der Waals surface area contributed by atoms with Crippen molar-refractivity contribution in [2.45, 2.75) is 142 Å². The zero-order valence-electron chi connectivity index (χ0n) is 20.6. The van der Waals surface area contributed by atoms with Gasteiger partial charge in [-0.25, -0.2) is 0 Å². The summed E-state index contributed by atoms with van der Waals surface area (Å²) in [5.41, 5.74) is 0. The average molecular weight is 445 g/mol. The summed E-state index contributed by atoms with van der Waals surface area (Å²) in [6.45, 7) is 4.92. The maximum Gasteiger partial charge on any atom is 0.303 e. The number of unbranched alkanes of at least 4 members (excludes halogenated alkanes) is 13. The lowest BCUT2D eigenvalue weighted by molar-refractivity contribution is -0.138. The lowest BCUT2D eigenvalue weighted by atomic mass is 9.95. The summed E-state index contributed by atoms with van der Waals surface area (Å²) in [5.74, 6) is -0.898. The van der Waals surface area contributed by atoms with Crippen molar-refractivity contribution in [3.63, 3.8) is 0 Å². The van der Waals surface area contributed by atoms with Crippen molar-refractivity contribution in [3.05, 3.63) is 0 Å². The van der Waals surface area contributed by atoms with E-state index in [1.807, 2.05) is 0 Å². The normalized spacial score (nSPS) is 11.6. The SMILES string of the molecule is CCCCCCCCC(CO)CCCCCC.O=C(O)CCCCCCCCC(=O)O. The molecule has 0 saturated heterocycles. The lowest BCUT2D eigenvalue weighted by Gasteiger charge is -2.13. The molecule has 3 N–H and O–H groups in total. The molecule has 0 aromatic carbocycles. The van der Waals surface area contributed by atoms with Gasteiger partial charge in [0, 0.05) is 19.4 Å². The first-order valence-corrected chi connectivity index (χ1v) is 13.0. The van der Waals surface area contributed by atoms with Crippen molar-refractivity contribution in [2.24, 2.45) is 5.92 Å². The van der Waals surface area contributed by atoms with Crippen LogP contribution >= 0.6 is 0 Å². The molecule has 0 radical (unpaired) electrons. The van der Waals surface area contributed by atoms with Crippen molar-refractivity contribution in [1.82, 2.24) is 0 Å². The highest BCUT2D eigenvalue weighted by Crippen LogP contribution is 2.18. The Morgan fingerprint density at radius 3 is 1.23 bits per heavy atom. The van der Waals surface area contributed by atoms with Gasteiger partial charge in [0.05, 0.1) is 0 Å². The van der Waals surface area contributed by atoms with Crippen LogP contribution in [0.1, 0.15) is 142 Å². The van der Waals surface area contributed by atoms with Gasteiger partial charge in [0.25, 0.3) is 0 Å². The number of aliphatic hydroxyl groups is 1. The third-order valence-corrected chi connectivity index (χ3v) is 5.72. The van der Waals surface area contributed by atoms with E-state index in [9.17, 15) is 14.7 Å². The number of carboxylic acid groups (broad SMARTS) is 2. The zero-order chi connectivity index (χ0) is 23.6. The maximum atomic E-state index is 10.1. The van der Waals surface area contributed by atoms with E-state index in [2.05, 4.69) is 13.8 Å². The summed E-state index contributed by atoms with van der Waals surface area (Å²) in [7, 11) is 0. The third-order valence-electron chi connectivity index (χ3n) is 5.72. The summed E-state index contributed by atoms with van der Waals surface area (Å²) >= 11 is 0. The van der Waals surface area contributed by atoms with Crippen LogP contribution in [0, 0.1) is 5.92 Å². The Bertz CT molecular complexity index is 364. The molecule has 0 aliphatic carbocycles. The predicted octanol–water partition coefficient (Wildman–Crippen LogP) is 7.59. The molecule has 0 heterocycles. The Labute approximate surface area is 192 Å². The number of carbonyl (C=O) groups is 2. The van der Waals surface area contributed by atoms with Crippen molar-refractivity contribution in [3.8, 4) is 0 Å². The second-order valence-corrected chi connectivity index (χ2v) is 8.86. The molecule has 0 amide bonds. The van der Waals surface area contributed by atoms with Crippen LogP contribution in [0.3, 0.4) is 0 Å². The monoisotopic (exact) mass is 444 g/mol. The number of carboxylic acids is 2. The van der Waals surface area contributed by atoms with Gasteiger partial charge in [0.1, 0.15) is 0 Å². The summed E-state index contributed by atoms with van der Waals surface area (Å²) in [5, 5.41) is 26.0. The average Bonchev–Trinajstić information content (AvgIpc) is 2.74. The number of hydrogen-bond acceptors (Lipinski definition) is 3. The molecule has 186 valence electrons. The number of hydrogen-bond donors (Lipinski definition) is 3. The van der Waals surface area contributed by atoms with Gasteiger partial charge in [-0.3, -0.25) is 9.59 Å². The van der Waals surface area contributed by atoms with Crippen LogP contribution in [-0.4, -0.2) is 33.9 Å². The fourth-order valence-corrected chi connectivity index (χ4v) is 3.66. The van der Waals surface area contributed by atoms with Crippen LogP contribution in [0.15, 0.2) is 0 Å². The van der Waals surface area contributed by atoms with E-state index in [-0.39, 0.29) is 12.8 Å². The molecule has 1 unspecified atom stereocenters. The van der Waals surface area contributed by atoms with Gasteiger partial charge < -0.3 is 15.3 Å². The number of aliphatic hydroxyl groups excluding tert-OH is 1. The highest BCUT2D eigenvalue weighted by atomic mass is 16.4. The lowest BCUT2D eigenvalue weighted by Crippen LogP contribution is -2.06. The number of aliphatic carboxylic acids is 2. The van der Waals surface area contributed by atoms with Crippen LogP contribution in [0.2, 0.25) is 0 Å². The molecule has 0 aromatic rings. The molecule has 31 heavy (non-hydrogen) atoms. The molecule has 0 spiro atoms. The van der Waals surface area contributed by atoms with Crippen LogP contribution in [-0.2, 0) is 9.59 Å². The Morgan fingerprint density at radius 2 is 0.871 bits per heavy atom. The van der Waals surface area contributed by atoms with E-state index in [0.29, 0.717) is 12.5 Å². The van der Waals surface area contributed by atoms with Gasteiger partial charge in [0.2, 0.25) is 0 Å². The molecule has 1 atom stereocenters. The predicted molar refractivity (Wildman–Crippen MR) is 130 cm³/mol. The van der Waals surface area contributed by atoms with Gasteiger partial charge in [-0.15, -0.1) is 0 Å². The van der Waals surface area contributed by atoms with Crippen molar-refractivity contribution in [2.75, 3.05) is 6.61 Å². The van der Waals surface area contributed by atoms with Crippen molar-refractivity contribution in [1.29, 1.82) is 0 Å². The molecule has 0 aromatic heterocycles. The minimum absolute atomic E-state index is 0.245. The van der Waals surface area contributed by atoms with Crippen LogP contribution in [0.5, 0.6) is 0 Å². The standard InChI is InChI=1S/C16H34O.C10H18O4/c1-3-5-7-9-10-12-14-16(15-17)13-11-8-6-4-2;11-9(12)7-5-3-1-2-4-6-8-10(13)14/h16-17H,3-15H2,1-2H3;1-8H2,(H,11,12)(H,13,14). The Morgan fingerprint density at radius 1 is 0.548 bits per heavy atom. The molecule has 0 aliphatic rings. The van der Waals surface area contributed by atoms with Gasteiger partial charge in [-0.05, 0) is 31.6 Å². The second kappa shape index (κ2) is 26.9. The zero-order valence-corrected chi connectivity index (χ0v) is 20.6. The van der Waals surface area contributed by atoms with E-state index >= 15 is 0 Å². The molecule has 5 heteroatoms. The molecule has 0 bridgehead atoms. The highest BCUT2D eigenvalue weighted by Gasteiger charge is 2.06. The van der Waals surface area contributed by atoms with Crippen LogP contribution in [0.4, 0.5) is 0 Å². The molecule has 0 saturated carbocycles. The molecule has 0 fully saturated rings. The van der Waals surface area contributed by atoms with Gasteiger partial charge in [-0.1, -0.05) is 104 Å². The van der Waals surface area contributed by atoms with E-state index in [0.717, 1.165) is 38.5 Å². The molecular weight excluding hydrogens is 392 g/mol. The van der Waals surface area contributed by atoms with E-state index in [1.54, 1.807) is 0 Å². The smallest absolute Gasteiger partial charge is 0.303 e. The Kier molecular flexibility index (Phi) is 27.9. The molecule has 5 nitrogen and oxygen atoms in total. The summed E-state index contributed by atoms with van der Waals surface area (Å²) < 4.78 is 0. The van der Waals surface area contributed by atoms with Gasteiger partial charge >= 0.3 is 11.9 Å². The quantitative estimate of drug-likeness (QED) is 0.149. The second-order valence-electron chi connectivity index (χ2n) is 8.86. The Hall–Kier alpha value is -1.10. The maximum absolute atomic E-state index is 10.1. The van der Waals surface area contributed by atoms with Gasteiger partial charge in [-0.2, -0.15) is 0 Å². The minimum atomic E-state index is -0.740. The summed E-state index contributed by atoms with van der Waals surface area (Å²) in [6.07, 6.45) is 21.8. The Balaban J connectivity index is 0. The first-order chi connectivity index (χ1) is 15.0. The van der Waals surface area contributed by atoms with Crippen molar-refractivity contribution >= 4 is 11.9 Å². The third kappa shape index (κ3) is 31.2. The summed E-state index contributed by atoms with van der Waals surface area (Å²) in [6, 6.07) is 0. The van der Waals surface area contributed by atoms with E-state index < -0.39 is 11.9 Å². The molecule has 0 rings (SSSR count). The summed E-state index contributed by atoms with van der Waals surface area (Å²) in [4.78, 5) is 20.3.